The number of nitrogens with zero attached hydrogens (tertiary/aromatic N) is 5. The number of methoxy groups -OCH3 is 2. The first kappa shape index (κ1) is 19.0. The summed E-state index contributed by atoms with van der Waals surface area (Å²) in [6.07, 6.45) is 5.66. The van der Waals surface area contributed by atoms with Gasteiger partial charge in [-0.05, 0) is 36.5 Å². The first-order valence-electron chi connectivity index (χ1n) is 9.54. The summed E-state index contributed by atoms with van der Waals surface area (Å²) in [6, 6.07) is 7.46. The normalized spacial score (nSPS) is 13.7. The molecule has 9 heteroatoms. The van der Waals surface area contributed by atoms with Crippen molar-refractivity contribution in [2.75, 3.05) is 26.6 Å². The van der Waals surface area contributed by atoms with E-state index in [1.165, 1.54) is 25.6 Å². The van der Waals surface area contributed by atoms with Crippen molar-refractivity contribution in [1.29, 1.82) is 0 Å². The Balaban J connectivity index is 1.57. The third-order valence-electron chi connectivity index (χ3n) is 5.04. The molecule has 0 spiro atoms. The first-order chi connectivity index (χ1) is 14.2. The maximum atomic E-state index is 5.87. The van der Waals surface area contributed by atoms with Gasteiger partial charge in [0.15, 0.2) is 17.3 Å². The van der Waals surface area contributed by atoms with Crippen molar-refractivity contribution >= 4 is 5.95 Å². The predicted molar refractivity (Wildman–Crippen MR) is 107 cm³/mol. The van der Waals surface area contributed by atoms with Gasteiger partial charge >= 0.3 is 0 Å². The molecule has 0 aliphatic heterocycles. The lowest BCUT2D eigenvalue weighted by molar-refractivity contribution is 0.175. The van der Waals surface area contributed by atoms with Gasteiger partial charge in [0.2, 0.25) is 11.8 Å². The van der Waals surface area contributed by atoms with E-state index in [4.69, 9.17) is 19.9 Å². The van der Waals surface area contributed by atoms with Crippen LogP contribution >= 0.6 is 0 Å². The molecule has 29 heavy (non-hydrogen) atoms. The molecule has 1 aliphatic rings. The Morgan fingerprint density at radius 3 is 2.66 bits per heavy atom. The molecular formula is C20H24N6O3. The van der Waals surface area contributed by atoms with E-state index in [2.05, 4.69) is 20.1 Å². The van der Waals surface area contributed by atoms with Crippen LogP contribution in [0.3, 0.4) is 0 Å². The number of rotatable bonds is 8. The fourth-order valence-electron chi connectivity index (χ4n) is 3.22. The topological polar surface area (TPSA) is 110 Å². The summed E-state index contributed by atoms with van der Waals surface area (Å²) in [5.74, 6) is 3.85. The van der Waals surface area contributed by atoms with Crippen molar-refractivity contribution in [2.45, 2.75) is 25.7 Å². The number of hydrogen-bond acceptors (Lipinski definition) is 8. The summed E-state index contributed by atoms with van der Waals surface area (Å²) in [6.45, 7) is 0.675. The van der Waals surface area contributed by atoms with E-state index < -0.39 is 0 Å². The lowest BCUT2D eigenvalue weighted by atomic mass is 9.86. The summed E-state index contributed by atoms with van der Waals surface area (Å²) >= 11 is 0. The molecule has 0 bridgehead atoms. The van der Waals surface area contributed by atoms with Gasteiger partial charge in [0.25, 0.3) is 0 Å². The monoisotopic (exact) mass is 396 g/mol. The van der Waals surface area contributed by atoms with Crippen molar-refractivity contribution in [3.8, 4) is 23.2 Å². The number of ether oxygens (including phenoxy) is 3. The predicted octanol–water partition coefficient (Wildman–Crippen LogP) is 2.43. The summed E-state index contributed by atoms with van der Waals surface area (Å²) in [7, 11) is 3.21. The minimum Gasteiger partial charge on any atom is -0.493 e. The number of nitrogen functional groups attached to an aromatic ring is 1. The van der Waals surface area contributed by atoms with Gasteiger partial charge in [0.1, 0.15) is 12.2 Å². The van der Waals surface area contributed by atoms with Crippen molar-refractivity contribution in [3.05, 3.63) is 42.0 Å². The number of hydrogen-bond donors (Lipinski definition) is 1. The molecule has 2 aromatic heterocycles. The average molecular weight is 396 g/mol. The van der Waals surface area contributed by atoms with Gasteiger partial charge < -0.3 is 19.9 Å². The van der Waals surface area contributed by atoms with Gasteiger partial charge in [-0.15, -0.1) is 5.10 Å². The molecule has 2 heterocycles. The lowest BCUT2D eigenvalue weighted by Gasteiger charge is -2.24. The SMILES string of the molecule is COc1ccc(Cc2nc(N)nn2-c2cc(OCC3CCC3)ncn2)cc1OC. The van der Waals surface area contributed by atoms with Crippen LogP contribution in [0.4, 0.5) is 5.95 Å². The average Bonchev–Trinajstić information content (AvgIpc) is 3.07. The fourth-order valence-corrected chi connectivity index (χ4v) is 3.22. The van der Waals surface area contributed by atoms with Gasteiger partial charge in [0.05, 0.1) is 20.8 Å². The number of benzene rings is 1. The highest BCUT2D eigenvalue weighted by Crippen LogP contribution is 2.29. The molecule has 3 aromatic rings. The van der Waals surface area contributed by atoms with Gasteiger partial charge in [-0.2, -0.15) is 9.67 Å². The highest BCUT2D eigenvalue weighted by molar-refractivity contribution is 5.44. The molecule has 2 N–H and O–H groups in total. The molecule has 1 fully saturated rings. The molecule has 0 unspecified atom stereocenters. The van der Waals surface area contributed by atoms with Crippen molar-refractivity contribution in [2.24, 2.45) is 5.92 Å². The van der Waals surface area contributed by atoms with E-state index in [0.29, 0.717) is 48.0 Å². The largest absolute Gasteiger partial charge is 0.493 e. The van der Waals surface area contributed by atoms with Crippen LogP contribution in [0.2, 0.25) is 0 Å². The quantitative estimate of drug-likeness (QED) is 0.618. The fraction of sp³-hybridized carbons (Fsp3) is 0.400. The van der Waals surface area contributed by atoms with Crippen molar-refractivity contribution in [3.63, 3.8) is 0 Å². The van der Waals surface area contributed by atoms with Gasteiger partial charge in [-0.1, -0.05) is 12.5 Å². The summed E-state index contributed by atoms with van der Waals surface area (Å²) in [5.41, 5.74) is 6.85. The van der Waals surface area contributed by atoms with Crippen LogP contribution in [0.15, 0.2) is 30.6 Å². The highest BCUT2D eigenvalue weighted by atomic mass is 16.5. The maximum absolute atomic E-state index is 5.87. The number of nitrogens with two attached hydrogens (primary N) is 1. The molecule has 152 valence electrons. The van der Waals surface area contributed by atoms with Gasteiger partial charge in [-0.3, -0.25) is 0 Å². The second-order valence-electron chi connectivity index (χ2n) is 6.99. The van der Waals surface area contributed by atoms with Crippen molar-refractivity contribution < 1.29 is 14.2 Å². The zero-order chi connectivity index (χ0) is 20.2. The summed E-state index contributed by atoms with van der Waals surface area (Å²) in [5, 5.41) is 4.30. The van der Waals surface area contributed by atoms with Crippen LogP contribution in [0.5, 0.6) is 17.4 Å². The first-order valence-corrected chi connectivity index (χ1v) is 9.54. The smallest absolute Gasteiger partial charge is 0.240 e. The Bertz CT molecular complexity index is 986. The molecular weight excluding hydrogens is 372 g/mol. The Hall–Kier alpha value is -3.36. The Kier molecular flexibility index (Phi) is 5.46. The molecule has 0 saturated heterocycles. The van der Waals surface area contributed by atoms with Crippen LogP contribution in [0, 0.1) is 5.92 Å². The summed E-state index contributed by atoms with van der Waals surface area (Å²) in [4.78, 5) is 12.9. The van der Waals surface area contributed by atoms with E-state index >= 15 is 0 Å². The van der Waals surface area contributed by atoms with E-state index in [1.54, 1.807) is 25.0 Å². The Morgan fingerprint density at radius 2 is 1.93 bits per heavy atom. The minimum absolute atomic E-state index is 0.177. The minimum atomic E-state index is 0.177. The van der Waals surface area contributed by atoms with E-state index in [0.717, 1.165) is 5.56 Å². The molecule has 4 rings (SSSR count). The van der Waals surface area contributed by atoms with Gasteiger partial charge in [-0.25, -0.2) is 9.97 Å². The Labute approximate surface area is 168 Å². The number of aromatic nitrogens is 5. The molecule has 1 aromatic carbocycles. The highest BCUT2D eigenvalue weighted by Gasteiger charge is 2.19. The molecule has 0 amide bonds. The molecule has 0 atom stereocenters. The summed E-state index contributed by atoms with van der Waals surface area (Å²) < 4.78 is 18.1. The second-order valence-corrected chi connectivity index (χ2v) is 6.99. The van der Waals surface area contributed by atoms with E-state index in [-0.39, 0.29) is 5.95 Å². The molecule has 1 aliphatic carbocycles. The third-order valence-corrected chi connectivity index (χ3v) is 5.04. The van der Waals surface area contributed by atoms with Crippen LogP contribution < -0.4 is 19.9 Å². The Morgan fingerprint density at radius 1 is 1.10 bits per heavy atom. The van der Waals surface area contributed by atoms with Crippen LogP contribution in [0.1, 0.15) is 30.7 Å². The maximum Gasteiger partial charge on any atom is 0.240 e. The molecule has 1 saturated carbocycles. The lowest BCUT2D eigenvalue weighted by Crippen LogP contribution is -2.19. The van der Waals surface area contributed by atoms with E-state index in [1.807, 2.05) is 18.2 Å². The van der Waals surface area contributed by atoms with Gasteiger partial charge in [0, 0.05) is 12.5 Å². The zero-order valence-corrected chi connectivity index (χ0v) is 16.5. The zero-order valence-electron chi connectivity index (χ0n) is 16.5. The van der Waals surface area contributed by atoms with Crippen molar-refractivity contribution in [1.82, 2.24) is 24.7 Å². The van der Waals surface area contributed by atoms with Crippen LogP contribution in [-0.4, -0.2) is 45.6 Å². The second kappa shape index (κ2) is 8.34. The standard InChI is InChI=1S/C20H24N6O3/c1-27-15-7-6-14(8-16(15)28-2)9-18-24-20(21)25-26(18)17-10-19(23-12-22-17)29-11-13-4-3-5-13/h6-8,10,12-13H,3-5,9,11H2,1-2H3,(H2,21,25). The third kappa shape index (κ3) is 4.23. The van der Waals surface area contributed by atoms with Crippen LogP contribution in [-0.2, 0) is 6.42 Å². The van der Waals surface area contributed by atoms with E-state index in [9.17, 15) is 0 Å². The molecule has 9 nitrogen and oxygen atoms in total. The van der Waals surface area contributed by atoms with Crippen LogP contribution in [0.25, 0.3) is 5.82 Å². The number of anilines is 1. The molecule has 0 radical (unpaired) electrons.